The number of para-hydroxylation sites is 1. The van der Waals surface area contributed by atoms with Crippen molar-refractivity contribution < 1.29 is 14.3 Å². The Morgan fingerprint density at radius 3 is 2.61 bits per heavy atom. The third-order valence-corrected chi connectivity index (χ3v) is 4.96. The molecule has 1 saturated heterocycles. The fourth-order valence-corrected chi connectivity index (χ4v) is 3.56. The number of carbonyl (C=O) groups is 1. The number of aromatic nitrogens is 3. The molecule has 1 aliphatic rings. The molecule has 0 radical (unpaired) electrons. The minimum Gasteiger partial charge on any atom is -0.464 e. The van der Waals surface area contributed by atoms with Gasteiger partial charge in [-0.15, -0.1) is 0 Å². The van der Waals surface area contributed by atoms with Crippen LogP contribution in [0.2, 0.25) is 0 Å². The van der Waals surface area contributed by atoms with Crippen molar-refractivity contribution in [1.29, 1.82) is 0 Å². The lowest BCUT2D eigenvalue weighted by molar-refractivity contribution is -0.142. The topological polar surface area (TPSA) is 69.5 Å². The van der Waals surface area contributed by atoms with Crippen LogP contribution in [-0.2, 0) is 9.53 Å². The van der Waals surface area contributed by atoms with E-state index in [1.165, 1.54) is 0 Å². The van der Waals surface area contributed by atoms with E-state index in [1.807, 2.05) is 54.9 Å². The molecule has 7 heteroatoms. The molecule has 0 saturated carbocycles. The number of hydrogen-bond acceptors (Lipinski definition) is 5. The van der Waals surface area contributed by atoms with Crippen molar-refractivity contribution in [3.63, 3.8) is 0 Å². The van der Waals surface area contributed by atoms with E-state index in [2.05, 4.69) is 10.1 Å². The molecule has 1 aromatic carbocycles. The lowest BCUT2D eigenvalue weighted by atomic mass is 10.1. The average Bonchev–Trinajstić information content (AvgIpc) is 3.05. The maximum atomic E-state index is 12.6. The van der Waals surface area contributed by atoms with Crippen molar-refractivity contribution in [3.05, 3.63) is 47.7 Å². The van der Waals surface area contributed by atoms with Gasteiger partial charge in [-0.3, -0.25) is 4.79 Å². The third kappa shape index (κ3) is 3.45. The van der Waals surface area contributed by atoms with Crippen LogP contribution in [0.1, 0.15) is 18.2 Å². The maximum absolute atomic E-state index is 12.6. The summed E-state index contributed by atoms with van der Waals surface area (Å²) in [5, 5.41) is 5.66. The second-order valence-electron chi connectivity index (χ2n) is 7.01. The van der Waals surface area contributed by atoms with Crippen LogP contribution in [0.25, 0.3) is 16.7 Å². The number of benzene rings is 1. The van der Waals surface area contributed by atoms with E-state index in [0.29, 0.717) is 32.2 Å². The summed E-state index contributed by atoms with van der Waals surface area (Å²) in [5.41, 5.74) is 3.59. The highest BCUT2D eigenvalue weighted by atomic mass is 16.5. The predicted molar refractivity (Wildman–Crippen MR) is 106 cm³/mol. The summed E-state index contributed by atoms with van der Waals surface area (Å²) >= 11 is 0. The van der Waals surface area contributed by atoms with E-state index in [0.717, 1.165) is 28.0 Å². The summed E-state index contributed by atoms with van der Waals surface area (Å²) in [7, 11) is 0. The number of ether oxygens (including phenoxy) is 2. The van der Waals surface area contributed by atoms with Crippen LogP contribution in [0, 0.1) is 13.8 Å². The van der Waals surface area contributed by atoms with Crippen molar-refractivity contribution in [2.75, 3.05) is 26.3 Å². The monoisotopic (exact) mass is 380 g/mol. The molecule has 0 aliphatic carbocycles. The van der Waals surface area contributed by atoms with Crippen LogP contribution < -0.4 is 4.74 Å². The van der Waals surface area contributed by atoms with Crippen LogP contribution in [0.15, 0.2) is 36.4 Å². The van der Waals surface area contributed by atoms with E-state index >= 15 is 0 Å². The fraction of sp³-hybridized carbons (Fsp3) is 0.381. The van der Waals surface area contributed by atoms with E-state index in [4.69, 9.17) is 9.47 Å². The standard InChI is InChI=1S/C21H24N4O3/c1-14-13-18(28-16(3)21(26)24-9-11-27-12-10-24)22-20-19(14)15(2)23-25(20)17-7-5-4-6-8-17/h4-8,13,16H,9-12H2,1-3H3/t16-/m1/s1. The molecule has 0 bridgehead atoms. The van der Waals surface area contributed by atoms with Crippen LogP contribution in [0.3, 0.4) is 0 Å². The zero-order valence-corrected chi connectivity index (χ0v) is 16.4. The Bertz CT molecular complexity index is 994. The van der Waals surface area contributed by atoms with Gasteiger partial charge in [-0.2, -0.15) is 10.1 Å². The molecule has 0 unspecified atom stereocenters. The highest BCUT2D eigenvalue weighted by Gasteiger charge is 2.25. The Hall–Kier alpha value is -2.93. The highest BCUT2D eigenvalue weighted by molar-refractivity contribution is 5.84. The minimum atomic E-state index is -0.614. The molecule has 4 rings (SSSR count). The van der Waals surface area contributed by atoms with Gasteiger partial charge in [0.1, 0.15) is 0 Å². The minimum absolute atomic E-state index is 0.0457. The quantitative estimate of drug-likeness (QED) is 0.696. The molecule has 1 fully saturated rings. The first kappa shape index (κ1) is 18.4. The number of pyridine rings is 1. The molecule has 7 nitrogen and oxygen atoms in total. The fourth-order valence-electron chi connectivity index (χ4n) is 3.56. The molecular weight excluding hydrogens is 356 g/mol. The van der Waals surface area contributed by atoms with Crippen molar-refractivity contribution in [1.82, 2.24) is 19.7 Å². The number of aryl methyl sites for hydroxylation is 2. The molecule has 3 aromatic rings. The van der Waals surface area contributed by atoms with E-state index in [-0.39, 0.29) is 5.91 Å². The van der Waals surface area contributed by atoms with Gasteiger partial charge in [-0.05, 0) is 38.5 Å². The first-order chi connectivity index (χ1) is 13.5. The number of morpholine rings is 1. The SMILES string of the molecule is Cc1cc(O[C@H](C)C(=O)N2CCOCC2)nc2c1c(C)nn2-c1ccccc1. The van der Waals surface area contributed by atoms with Gasteiger partial charge >= 0.3 is 0 Å². The largest absolute Gasteiger partial charge is 0.464 e. The Labute approximate surface area is 163 Å². The molecule has 3 heterocycles. The summed E-state index contributed by atoms with van der Waals surface area (Å²) in [4.78, 5) is 19.1. The summed E-state index contributed by atoms with van der Waals surface area (Å²) in [5.74, 6) is 0.381. The lowest BCUT2D eigenvalue weighted by Crippen LogP contribution is -2.46. The van der Waals surface area contributed by atoms with Crippen LogP contribution in [-0.4, -0.2) is 58.0 Å². The van der Waals surface area contributed by atoms with Crippen LogP contribution in [0.5, 0.6) is 5.88 Å². The Kier molecular flexibility index (Phi) is 5.00. The van der Waals surface area contributed by atoms with Crippen LogP contribution >= 0.6 is 0 Å². The summed E-state index contributed by atoms with van der Waals surface area (Å²) < 4.78 is 13.1. The van der Waals surface area contributed by atoms with Crippen molar-refractivity contribution >= 4 is 16.9 Å². The van der Waals surface area contributed by atoms with Gasteiger partial charge in [-0.25, -0.2) is 4.68 Å². The zero-order chi connectivity index (χ0) is 19.7. The van der Waals surface area contributed by atoms with Gasteiger partial charge in [0.05, 0.1) is 24.6 Å². The molecule has 1 amide bonds. The predicted octanol–water partition coefficient (Wildman–Crippen LogP) is 2.66. The number of amides is 1. The van der Waals surface area contributed by atoms with Crippen molar-refractivity contribution in [3.8, 4) is 11.6 Å². The summed E-state index contributed by atoms with van der Waals surface area (Å²) in [6.45, 7) is 8.07. The normalized spacial score (nSPS) is 15.6. The van der Waals surface area contributed by atoms with E-state index in [9.17, 15) is 4.79 Å². The zero-order valence-electron chi connectivity index (χ0n) is 16.4. The maximum Gasteiger partial charge on any atom is 0.263 e. The Morgan fingerprint density at radius 1 is 1.18 bits per heavy atom. The Morgan fingerprint density at radius 2 is 1.89 bits per heavy atom. The van der Waals surface area contributed by atoms with Crippen LogP contribution in [0.4, 0.5) is 0 Å². The molecule has 2 aromatic heterocycles. The van der Waals surface area contributed by atoms with Crippen molar-refractivity contribution in [2.45, 2.75) is 26.9 Å². The van der Waals surface area contributed by atoms with E-state index < -0.39 is 6.10 Å². The first-order valence-electron chi connectivity index (χ1n) is 9.50. The lowest BCUT2D eigenvalue weighted by Gasteiger charge is -2.29. The van der Waals surface area contributed by atoms with Gasteiger partial charge in [0, 0.05) is 24.5 Å². The highest BCUT2D eigenvalue weighted by Crippen LogP contribution is 2.27. The summed E-state index contributed by atoms with van der Waals surface area (Å²) in [6, 6.07) is 11.7. The second kappa shape index (κ2) is 7.59. The number of nitrogens with zero attached hydrogens (tertiary/aromatic N) is 4. The molecule has 0 spiro atoms. The molecule has 0 N–H and O–H groups in total. The number of carbonyl (C=O) groups excluding carboxylic acids is 1. The molecule has 146 valence electrons. The number of rotatable bonds is 4. The molecule has 1 aliphatic heterocycles. The first-order valence-corrected chi connectivity index (χ1v) is 9.50. The van der Waals surface area contributed by atoms with Gasteiger partial charge in [0.2, 0.25) is 5.88 Å². The van der Waals surface area contributed by atoms with Gasteiger partial charge < -0.3 is 14.4 Å². The average molecular weight is 380 g/mol. The smallest absolute Gasteiger partial charge is 0.263 e. The summed E-state index contributed by atoms with van der Waals surface area (Å²) in [6.07, 6.45) is -0.614. The Balaban J connectivity index is 1.65. The van der Waals surface area contributed by atoms with Gasteiger partial charge in [0.15, 0.2) is 11.8 Å². The molecule has 28 heavy (non-hydrogen) atoms. The number of fused-ring (bicyclic) bond motifs is 1. The third-order valence-electron chi connectivity index (χ3n) is 4.96. The molecule has 1 atom stereocenters. The van der Waals surface area contributed by atoms with Gasteiger partial charge in [0.25, 0.3) is 5.91 Å². The van der Waals surface area contributed by atoms with E-state index in [1.54, 1.807) is 11.8 Å². The molecular formula is C21H24N4O3. The van der Waals surface area contributed by atoms with Crippen molar-refractivity contribution in [2.24, 2.45) is 0 Å². The van der Waals surface area contributed by atoms with Gasteiger partial charge in [-0.1, -0.05) is 18.2 Å². The number of hydrogen-bond donors (Lipinski definition) is 0. The second-order valence-corrected chi connectivity index (χ2v) is 7.01.